The second-order valence-electron chi connectivity index (χ2n) is 9.37. The first kappa shape index (κ1) is 23.3. The van der Waals surface area contributed by atoms with Crippen LogP contribution in [0.4, 0.5) is 13.6 Å². The number of carboxylic acid groups (broad SMARTS) is 1. The molecule has 0 radical (unpaired) electrons. The lowest BCUT2D eigenvalue weighted by molar-refractivity contribution is -0.143. The number of carbonyl (C=O) groups excluding carboxylic acids is 2. The van der Waals surface area contributed by atoms with E-state index >= 15 is 0 Å². The highest BCUT2D eigenvalue weighted by molar-refractivity contribution is 5.88. The fourth-order valence-electron chi connectivity index (χ4n) is 5.96. The fraction of sp³-hybridized carbons (Fsp3) is 0.423. The van der Waals surface area contributed by atoms with Crippen molar-refractivity contribution in [1.29, 1.82) is 0 Å². The van der Waals surface area contributed by atoms with Gasteiger partial charge in [0.15, 0.2) is 0 Å². The molecular weight excluding hydrogens is 458 g/mol. The summed E-state index contributed by atoms with van der Waals surface area (Å²) in [7, 11) is 0. The van der Waals surface area contributed by atoms with Crippen LogP contribution in [-0.2, 0) is 14.3 Å². The van der Waals surface area contributed by atoms with Crippen molar-refractivity contribution in [2.24, 2.45) is 5.92 Å². The van der Waals surface area contributed by atoms with Crippen LogP contribution in [0.5, 0.6) is 0 Å². The second-order valence-corrected chi connectivity index (χ2v) is 9.37. The Morgan fingerprint density at radius 3 is 2.23 bits per heavy atom. The van der Waals surface area contributed by atoms with Crippen molar-refractivity contribution in [2.75, 3.05) is 6.61 Å². The van der Waals surface area contributed by atoms with Crippen molar-refractivity contribution in [3.63, 3.8) is 0 Å². The Hall–Kier alpha value is -3.49. The lowest BCUT2D eigenvalue weighted by atomic mass is 9.89. The third-order valence-corrected chi connectivity index (χ3v) is 7.46. The first-order chi connectivity index (χ1) is 16.8. The van der Waals surface area contributed by atoms with Gasteiger partial charge in [0.25, 0.3) is 0 Å². The maximum absolute atomic E-state index is 13.3. The van der Waals surface area contributed by atoms with Gasteiger partial charge in [-0.2, -0.15) is 0 Å². The van der Waals surface area contributed by atoms with E-state index in [2.05, 4.69) is 5.32 Å². The first-order valence-electron chi connectivity index (χ1n) is 11.8. The van der Waals surface area contributed by atoms with Crippen molar-refractivity contribution in [3.05, 3.63) is 59.7 Å². The molecule has 2 aliphatic heterocycles. The normalized spacial score (nSPS) is 23.2. The number of rotatable bonds is 7. The van der Waals surface area contributed by atoms with Gasteiger partial charge in [0.05, 0.1) is 5.92 Å². The fourth-order valence-corrected chi connectivity index (χ4v) is 5.96. The summed E-state index contributed by atoms with van der Waals surface area (Å²) in [5.41, 5.74) is 4.13. The van der Waals surface area contributed by atoms with E-state index < -0.39 is 48.8 Å². The highest BCUT2D eigenvalue weighted by Gasteiger charge is 2.52. The average Bonchev–Trinajstić information content (AvgIpc) is 3.51. The van der Waals surface area contributed by atoms with Crippen LogP contribution in [-0.4, -0.2) is 59.1 Å². The summed E-state index contributed by atoms with van der Waals surface area (Å²) in [6, 6.07) is 13.3. The number of hydrogen-bond donors (Lipinski definition) is 2. The van der Waals surface area contributed by atoms with Crippen LogP contribution in [0.3, 0.4) is 0 Å². The molecule has 2 heterocycles. The molecule has 184 valence electrons. The van der Waals surface area contributed by atoms with E-state index in [1.807, 2.05) is 48.5 Å². The molecule has 0 aromatic heterocycles. The molecule has 5 rings (SSSR count). The second kappa shape index (κ2) is 9.28. The molecule has 2 N–H and O–H groups in total. The van der Waals surface area contributed by atoms with E-state index in [0.717, 1.165) is 22.3 Å². The van der Waals surface area contributed by atoms with E-state index in [1.165, 1.54) is 4.90 Å². The molecule has 0 saturated carbocycles. The number of benzene rings is 2. The number of carboxylic acids is 1. The highest BCUT2D eigenvalue weighted by atomic mass is 19.3. The molecule has 2 saturated heterocycles. The zero-order valence-electron chi connectivity index (χ0n) is 18.9. The number of amides is 2. The van der Waals surface area contributed by atoms with Gasteiger partial charge in [-0.15, -0.1) is 0 Å². The summed E-state index contributed by atoms with van der Waals surface area (Å²) in [6.07, 6.45) is -3.19. The first-order valence-corrected chi connectivity index (χ1v) is 11.8. The van der Waals surface area contributed by atoms with Crippen LogP contribution >= 0.6 is 0 Å². The van der Waals surface area contributed by atoms with Gasteiger partial charge >= 0.3 is 12.1 Å². The number of nitrogens with one attached hydrogen (secondary N) is 1. The number of nitrogens with zero attached hydrogens (tertiary/aromatic N) is 1. The monoisotopic (exact) mass is 484 g/mol. The predicted molar refractivity (Wildman–Crippen MR) is 122 cm³/mol. The van der Waals surface area contributed by atoms with Gasteiger partial charge < -0.3 is 20.1 Å². The number of halogens is 2. The van der Waals surface area contributed by atoms with Gasteiger partial charge in [0.2, 0.25) is 12.3 Å². The lowest BCUT2D eigenvalue weighted by Gasteiger charge is -2.28. The summed E-state index contributed by atoms with van der Waals surface area (Å²) >= 11 is 0. The highest BCUT2D eigenvalue weighted by Crippen LogP contribution is 2.45. The van der Waals surface area contributed by atoms with Crippen molar-refractivity contribution in [1.82, 2.24) is 10.2 Å². The zero-order chi connectivity index (χ0) is 24.7. The van der Waals surface area contributed by atoms with Gasteiger partial charge in [-0.25, -0.2) is 13.6 Å². The Morgan fingerprint density at radius 2 is 1.66 bits per heavy atom. The maximum atomic E-state index is 13.3. The van der Waals surface area contributed by atoms with E-state index in [9.17, 15) is 28.3 Å². The molecule has 4 atom stereocenters. The topological polar surface area (TPSA) is 95.9 Å². The van der Waals surface area contributed by atoms with Crippen LogP contribution in [0.2, 0.25) is 0 Å². The van der Waals surface area contributed by atoms with E-state index in [0.29, 0.717) is 19.3 Å². The van der Waals surface area contributed by atoms with Crippen molar-refractivity contribution in [3.8, 4) is 11.1 Å². The number of alkyl halides is 2. The minimum absolute atomic E-state index is 0.00843. The third kappa shape index (κ3) is 4.24. The molecule has 9 heteroatoms. The number of carbonyl (C=O) groups is 3. The molecule has 2 aromatic carbocycles. The summed E-state index contributed by atoms with van der Waals surface area (Å²) in [5.74, 6) is -2.58. The van der Waals surface area contributed by atoms with Crippen molar-refractivity contribution >= 4 is 18.0 Å². The molecule has 7 nitrogen and oxygen atoms in total. The van der Waals surface area contributed by atoms with Gasteiger partial charge in [-0.3, -0.25) is 9.59 Å². The average molecular weight is 484 g/mol. The van der Waals surface area contributed by atoms with Gasteiger partial charge in [-0.1, -0.05) is 48.5 Å². The molecular formula is C26H26F2N2O5. The standard InChI is InChI=1S/C26H26F2N2O5/c27-23(28)12-21(24(31)30-14-9-10-22(30)19(11-14)25(32)33)29-26(34)35-13-20-17-7-3-1-5-15(17)16-6-2-4-8-18(16)20/h1-8,14,19-23H,9-13H2,(H,29,34)(H,32,33)/t14-,19+,21?,22+/m1/s1. The number of ether oxygens (including phenoxy) is 1. The Bertz CT molecular complexity index is 1110. The van der Waals surface area contributed by atoms with Crippen LogP contribution in [0.1, 0.15) is 42.7 Å². The van der Waals surface area contributed by atoms with Crippen molar-refractivity contribution < 1.29 is 33.0 Å². The molecule has 0 spiro atoms. The number of alkyl carbamates (subject to hydrolysis) is 1. The number of fused-ring (bicyclic) bond motifs is 5. The largest absolute Gasteiger partial charge is 0.481 e. The summed E-state index contributed by atoms with van der Waals surface area (Å²) in [6.45, 7) is -0.00843. The predicted octanol–water partition coefficient (Wildman–Crippen LogP) is 4.01. The Labute approximate surface area is 201 Å². The zero-order valence-corrected chi connectivity index (χ0v) is 18.9. The van der Waals surface area contributed by atoms with Crippen LogP contribution in [0.15, 0.2) is 48.5 Å². The Kier molecular flexibility index (Phi) is 6.17. The summed E-state index contributed by atoms with van der Waals surface area (Å²) < 4.78 is 32.0. The maximum Gasteiger partial charge on any atom is 0.407 e. The van der Waals surface area contributed by atoms with Crippen LogP contribution < -0.4 is 5.32 Å². The molecule has 3 aliphatic rings. The quantitative estimate of drug-likeness (QED) is 0.619. The molecule has 1 aliphatic carbocycles. The van der Waals surface area contributed by atoms with Gasteiger partial charge in [0, 0.05) is 24.4 Å². The lowest BCUT2D eigenvalue weighted by Crippen LogP contribution is -2.51. The Balaban J connectivity index is 1.27. The smallest absolute Gasteiger partial charge is 0.407 e. The molecule has 2 aromatic rings. The summed E-state index contributed by atoms with van der Waals surface area (Å²) in [5, 5.41) is 11.8. The van der Waals surface area contributed by atoms with Crippen LogP contribution in [0.25, 0.3) is 11.1 Å². The van der Waals surface area contributed by atoms with E-state index in [1.54, 1.807) is 0 Å². The molecule has 2 fully saturated rings. The molecule has 35 heavy (non-hydrogen) atoms. The minimum Gasteiger partial charge on any atom is -0.481 e. The Morgan fingerprint density at radius 1 is 1.03 bits per heavy atom. The van der Waals surface area contributed by atoms with Gasteiger partial charge in [0.1, 0.15) is 12.6 Å². The number of aliphatic carboxylic acids is 1. The summed E-state index contributed by atoms with van der Waals surface area (Å²) in [4.78, 5) is 38.7. The molecule has 2 bridgehead atoms. The van der Waals surface area contributed by atoms with Crippen molar-refractivity contribution in [2.45, 2.75) is 56.2 Å². The van der Waals surface area contributed by atoms with Crippen LogP contribution in [0, 0.1) is 5.92 Å². The third-order valence-electron chi connectivity index (χ3n) is 7.46. The molecule has 2 amide bonds. The molecule has 1 unspecified atom stereocenters. The van der Waals surface area contributed by atoms with E-state index in [4.69, 9.17) is 4.74 Å². The van der Waals surface area contributed by atoms with E-state index in [-0.39, 0.29) is 18.6 Å². The SMILES string of the molecule is O=C(NC(CC(F)F)C(=O)N1[C@@H]2CC[C@H]1[C@@H](C(=O)O)C2)OCC1c2ccccc2-c2ccccc21. The van der Waals surface area contributed by atoms with Gasteiger partial charge in [-0.05, 0) is 41.5 Å². The number of hydrogen-bond acceptors (Lipinski definition) is 4. The minimum atomic E-state index is -2.83.